The van der Waals surface area contributed by atoms with Crippen LogP contribution in [-0.2, 0) is 11.8 Å². The van der Waals surface area contributed by atoms with Crippen LogP contribution in [0.1, 0.15) is 23.3 Å². The van der Waals surface area contributed by atoms with Crippen LogP contribution in [0, 0.1) is 0 Å². The highest BCUT2D eigenvalue weighted by atomic mass is 16.5. The van der Waals surface area contributed by atoms with Crippen LogP contribution in [-0.4, -0.2) is 29.7 Å². The quantitative estimate of drug-likeness (QED) is 0.748. The molecular formula is C21H23N3O2. The number of amides is 1. The summed E-state index contributed by atoms with van der Waals surface area (Å²) in [6.07, 6.45) is 2.05. The van der Waals surface area contributed by atoms with Gasteiger partial charge in [-0.3, -0.25) is 4.79 Å². The Morgan fingerprint density at radius 1 is 1.04 bits per heavy atom. The Morgan fingerprint density at radius 3 is 2.46 bits per heavy atom. The van der Waals surface area contributed by atoms with Crippen molar-refractivity contribution in [3.63, 3.8) is 0 Å². The summed E-state index contributed by atoms with van der Waals surface area (Å²) in [5.74, 6) is -0.103. The SMILES string of the molecule is Cn1c(C(=O)Nc2ccc(NC3CCOCC3)cc2)cc2ccccc21. The first kappa shape index (κ1) is 16.7. The van der Waals surface area contributed by atoms with Gasteiger partial charge in [0, 0.05) is 48.6 Å². The molecule has 5 heteroatoms. The van der Waals surface area contributed by atoms with Gasteiger partial charge < -0.3 is 19.9 Å². The smallest absolute Gasteiger partial charge is 0.272 e. The second kappa shape index (κ2) is 7.22. The largest absolute Gasteiger partial charge is 0.382 e. The number of rotatable bonds is 4. The highest BCUT2D eigenvalue weighted by molar-refractivity contribution is 6.06. The number of ether oxygens (including phenoxy) is 1. The van der Waals surface area contributed by atoms with Gasteiger partial charge in [-0.05, 0) is 49.2 Å². The Kier molecular flexibility index (Phi) is 4.63. The fourth-order valence-corrected chi connectivity index (χ4v) is 3.43. The van der Waals surface area contributed by atoms with Gasteiger partial charge in [0.25, 0.3) is 5.91 Å². The van der Waals surface area contributed by atoms with Crippen molar-refractivity contribution in [3.8, 4) is 0 Å². The van der Waals surface area contributed by atoms with E-state index < -0.39 is 0 Å². The zero-order valence-corrected chi connectivity index (χ0v) is 14.9. The van der Waals surface area contributed by atoms with Crippen LogP contribution in [0.3, 0.4) is 0 Å². The molecule has 1 amide bonds. The van der Waals surface area contributed by atoms with Crippen LogP contribution in [0.15, 0.2) is 54.6 Å². The second-order valence-electron chi connectivity index (χ2n) is 6.71. The van der Waals surface area contributed by atoms with E-state index in [2.05, 4.69) is 10.6 Å². The number of anilines is 2. The van der Waals surface area contributed by atoms with Crippen molar-refractivity contribution in [1.29, 1.82) is 0 Å². The van der Waals surface area contributed by atoms with E-state index in [1.807, 2.05) is 66.2 Å². The Hall–Kier alpha value is -2.79. The van der Waals surface area contributed by atoms with Gasteiger partial charge in [-0.15, -0.1) is 0 Å². The minimum atomic E-state index is -0.103. The topological polar surface area (TPSA) is 55.3 Å². The van der Waals surface area contributed by atoms with Gasteiger partial charge in [0.05, 0.1) is 0 Å². The van der Waals surface area contributed by atoms with Gasteiger partial charge in [0.1, 0.15) is 5.69 Å². The predicted molar refractivity (Wildman–Crippen MR) is 105 cm³/mol. The molecule has 0 bridgehead atoms. The van der Waals surface area contributed by atoms with Crippen LogP contribution in [0.5, 0.6) is 0 Å². The number of nitrogens with one attached hydrogen (secondary N) is 2. The number of aryl methyl sites for hydroxylation is 1. The highest BCUT2D eigenvalue weighted by Gasteiger charge is 2.15. The molecule has 2 N–H and O–H groups in total. The molecule has 0 unspecified atom stereocenters. The lowest BCUT2D eigenvalue weighted by Gasteiger charge is -2.24. The first-order valence-electron chi connectivity index (χ1n) is 9.01. The van der Waals surface area contributed by atoms with Crippen molar-refractivity contribution in [2.45, 2.75) is 18.9 Å². The number of fused-ring (bicyclic) bond motifs is 1. The summed E-state index contributed by atoms with van der Waals surface area (Å²) in [4.78, 5) is 12.6. The predicted octanol–water partition coefficient (Wildman–Crippen LogP) is 4.02. The highest BCUT2D eigenvalue weighted by Crippen LogP contribution is 2.21. The first-order valence-corrected chi connectivity index (χ1v) is 9.01. The summed E-state index contributed by atoms with van der Waals surface area (Å²) >= 11 is 0. The van der Waals surface area contributed by atoms with Crippen molar-refractivity contribution >= 4 is 28.2 Å². The van der Waals surface area contributed by atoms with Gasteiger partial charge >= 0.3 is 0 Å². The number of aromatic nitrogens is 1. The molecule has 1 saturated heterocycles. The van der Waals surface area contributed by atoms with Crippen molar-refractivity contribution in [2.24, 2.45) is 7.05 Å². The van der Waals surface area contributed by atoms with Crippen LogP contribution in [0.25, 0.3) is 10.9 Å². The standard InChI is InChI=1S/C21H23N3O2/c1-24-19-5-3-2-4-15(19)14-20(24)21(25)23-17-8-6-16(7-9-17)22-18-10-12-26-13-11-18/h2-9,14,18,22H,10-13H2,1H3,(H,23,25). The molecular weight excluding hydrogens is 326 g/mol. The zero-order chi connectivity index (χ0) is 17.9. The maximum Gasteiger partial charge on any atom is 0.272 e. The number of carbonyl (C=O) groups is 1. The molecule has 5 nitrogen and oxygen atoms in total. The fourth-order valence-electron chi connectivity index (χ4n) is 3.43. The summed E-state index contributed by atoms with van der Waals surface area (Å²) in [6, 6.07) is 18.3. The van der Waals surface area contributed by atoms with E-state index in [1.165, 1.54) is 0 Å². The molecule has 26 heavy (non-hydrogen) atoms. The lowest BCUT2D eigenvalue weighted by molar-refractivity contribution is 0.0904. The van der Waals surface area contributed by atoms with E-state index in [1.54, 1.807) is 0 Å². The van der Waals surface area contributed by atoms with Gasteiger partial charge in [0.2, 0.25) is 0 Å². The Bertz CT molecular complexity index is 909. The summed E-state index contributed by atoms with van der Waals surface area (Å²) in [5, 5.41) is 7.57. The second-order valence-corrected chi connectivity index (χ2v) is 6.71. The van der Waals surface area contributed by atoms with Crippen LogP contribution < -0.4 is 10.6 Å². The summed E-state index contributed by atoms with van der Waals surface area (Å²) < 4.78 is 7.31. The number of benzene rings is 2. The normalized spacial score (nSPS) is 15.1. The van der Waals surface area contributed by atoms with E-state index in [0.717, 1.165) is 48.3 Å². The third-order valence-corrected chi connectivity index (χ3v) is 4.92. The maximum atomic E-state index is 12.6. The molecule has 134 valence electrons. The lowest BCUT2D eigenvalue weighted by Crippen LogP contribution is -2.27. The molecule has 0 aliphatic carbocycles. The van der Waals surface area contributed by atoms with E-state index in [0.29, 0.717) is 11.7 Å². The number of para-hydroxylation sites is 1. The van der Waals surface area contributed by atoms with Crippen LogP contribution >= 0.6 is 0 Å². The van der Waals surface area contributed by atoms with E-state index >= 15 is 0 Å². The Morgan fingerprint density at radius 2 is 1.73 bits per heavy atom. The van der Waals surface area contributed by atoms with Gasteiger partial charge in [-0.25, -0.2) is 0 Å². The third-order valence-electron chi connectivity index (χ3n) is 4.92. The number of carbonyl (C=O) groups excluding carboxylic acids is 1. The average molecular weight is 349 g/mol. The Labute approximate surface area is 153 Å². The monoisotopic (exact) mass is 349 g/mol. The molecule has 1 aliphatic heterocycles. The molecule has 0 spiro atoms. The molecule has 4 rings (SSSR count). The maximum absolute atomic E-state index is 12.6. The zero-order valence-electron chi connectivity index (χ0n) is 14.9. The van der Waals surface area contributed by atoms with Gasteiger partial charge in [-0.2, -0.15) is 0 Å². The molecule has 1 aliphatic rings. The van der Waals surface area contributed by atoms with E-state index in [4.69, 9.17) is 4.74 Å². The number of hydrogen-bond donors (Lipinski definition) is 2. The minimum absolute atomic E-state index is 0.103. The molecule has 0 saturated carbocycles. The van der Waals surface area contributed by atoms with Crippen molar-refractivity contribution in [3.05, 3.63) is 60.3 Å². The molecule has 1 fully saturated rings. The third kappa shape index (κ3) is 3.44. The molecule has 0 atom stereocenters. The van der Waals surface area contributed by atoms with E-state index in [9.17, 15) is 4.79 Å². The van der Waals surface area contributed by atoms with Crippen LogP contribution in [0.2, 0.25) is 0 Å². The first-order chi connectivity index (χ1) is 12.7. The summed E-state index contributed by atoms with van der Waals surface area (Å²) in [5.41, 5.74) is 3.56. The van der Waals surface area contributed by atoms with Crippen molar-refractivity contribution in [1.82, 2.24) is 4.57 Å². The number of nitrogens with zero attached hydrogens (tertiary/aromatic N) is 1. The summed E-state index contributed by atoms with van der Waals surface area (Å²) in [7, 11) is 1.91. The van der Waals surface area contributed by atoms with Gasteiger partial charge in [-0.1, -0.05) is 18.2 Å². The lowest BCUT2D eigenvalue weighted by atomic mass is 10.1. The van der Waals surface area contributed by atoms with Gasteiger partial charge in [0.15, 0.2) is 0 Å². The molecule has 2 heterocycles. The Balaban J connectivity index is 1.44. The average Bonchev–Trinajstić information content (AvgIpc) is 3.01. The molecule has 2 aromatic carbocycles. The number of hydrogen-bond acceptors (Lipinski definition) is 3. The van der Waals surface area contributed by atoms with Crippen molar-refractivity contribution < 1.29 is 9.53 Å². The molecule has 1 aromatic heterocycles. The van der Waals surface area contributed by atoms with Crippen molar-refractivity contribution in [2.75, 3.05) is 23.8 Å². The minimum Gasteiger partial charge on any atom is -0.382 e. The molecule has 0 radical (unpaired) electrons. The van der Waals surface area contributed by atoms with Crippen LogP contribution in [0.4, 0.5) is 11.4 Å². The molecule has 3 aromatic rings. The fraction of sp³-hybridized carbons (Fsp3) is 0.286. The summed E-state index contributed by atoms with van der Waals surface area (Å²) in [6.45, 7) is 1.63. The van der Waals surface area contributed by atoms with E-state index in [-0.39, 0.29) is 5.91 Å².